The summed E-state index contributed by atoms with van der Waals surface area (Å²) in [6, 6.07) is 4.19. The molecule has 0 spiro atoms. The van der Waals surface area contributed by atoms with E-state index < -0.39 is 5.97 Å². The number of aromatic hydroxyl groups is 2. The summed E-state index contributed by atoms with van der Waals surface area (Å²) in [7, 11) is 0. The van der Waals surface area contributed by atoms with Gasteiger partial charge in [0, 0.05) is 11.8 Å². The lowest BCUT2D eigenvalue weighted by Gasteiger charge is -2.06. The standard InChI is InChI=1S/C13H12N2O4/c1-2-9-8(13(18)19)6-14-12(15-9)7-3-4-10(16)11(17)5-7/h3-6,16-17H,2H2,1H3,(H,18,19). The van der Waals surface area contributed by atoms with Crippen molar-refractivity contribution in [3.8, 4) is 22.9 Å². The Labute approximate surface area is 109 Å². The number of hydrogen-bond acceptors (Lipinski definition) is 5. The van der Waals surface area contributed by atoms with Gasteiger partial charge in [-0.1, -0.05) is 6.92 Å². The van der Waals surface area contributed by atoms with Crippen molar-refractivity contribution in [1.29, 1.82) is 0 Å². The molecule has 0 amide bonds. The van der Waals surface area contributed by atoms with Gasteiger partial charge in [-0.15, -0.1) is 0 Å². The maximum atomic E-state index is 11.0. The highest BCUT2D eigenvalue weighted by Crippen LogP contribution is 2.29. The number of aryl methyl sites for hydroxylation is 1. The van der Waals surface area contributed by atoms with Crippen molar-refractivity contribution in [2.75, 3.05) is 0 Å². The first-order chi connectivity index (χ1) is 9.02. The van der Waals surface area contributed by atoms with Crippen molar-refractivity contribution in [1.82, 2.24) is 9.97 Å². The molecule has 0 aliphatic rings. The molecule has 0 fully saturated rings. The molecule has 3 N–H and O–H groups in total. The molecule has 6 nitrogen and oxygen atoms in total. The lowest BCUT2D eigenvalue weighted by atomic mass is 10.1. The third-order valence-corrected chi connectivity index (χ3v) is 2.67. The minimum atomic E-state index is -1.07. The van der Waals surface area contributed by atoms with Crippen LogP contribution in [0, 0.1) is 0 Å². The second kappa shape index (κ2) is 4.93. The Morgan fingerprint density at radius 3 is 2.58 bits per heavy atom. The van der Waals surface area contributed by atoms with Crippen molar-refractivity contribution < 1.29 is 20.1 Å². The number of aromatic carboxylic acids is 1. The summed E-state index contributed by atoms with van der Waals surface area (Å²) in [5.41, 5.74) is 0.987. The Bertz CT molecular complexity index is 641. The van der Waals surface area contributed by atoms with Crippen molar-refractivity contribution in [2.24, 2.45) is 0 Å². The van der Waals surface area contributed by atoms with Crippen LogP contribution in [0.1, 0.15) is 23.0 Å². The molecular weight excluding hydrogens is 248 g/mol. The van der Waals surface area contributed by atoms with E-state index in [1.54, 1.807) is 13.0 Å². The summed E-state index contributed by atoms with van der Waals surface area (Å²) in [5, 5.41) is 27.7. The van der Waals surface area contributed by atoms with Gasteiger partial charge in [0.15, 0.2) is 17.3 Å². The lowest BCUT2D eigenvalue weighted by molar-refractivity contribution is 0.0694. The number of aromatic nitrogens is 2. The predicted molar refractivity (Wildman–Crippen MR) is 67.1 cm³/mol. The zero-order valence-electron chi connectivity index (χ0n) is 10.2. The van der Waals surface area contributed by atoms with E-state index in [0.29, 0.717) is 23.5 Å². The van der Waals surface area contributed by atoms with E-state index in [1.807, 2.05) is 0 Å². The van der Waals surface area contributed by atoms with Crippen LogP contribution in [0.3, 0.4) is 0 Å². The first kappa shape index (κ1) is 12.8. The molecule has 0 aliphatic carbocycles. The number of phenolic OH excluding ortho intramolecular Hbond substituents is 2. The Morgan fingerprint density at radius 2 is 2.00 bits per heavy atom. The summed E-state index contributed by atoms with van der Waals surface area (Å²) >= 11 is 0. The second-order valence-corrected chi connectivity index (χ2v) is 3.92. The average Bonchev–Trinajstić information content (AvgIpc) is 2.41. The topological polar surface area (TPSA) is 104 Å². The maximum Gasteiger partial charge on any atom is 0.339 e. The summed E-state index contributed by atoms with van der Waals surface area (Å²) in [4.78, 5) is 19.1. The van der Waals surface area contributed by atoms with Crippen molar-refractivity contribution in [2.45, 2.75) is 13.3 Å². The van der Waals surface area contributed by atoms with E-state index in [2.05, 4.69) is 9.97 Å². The Hall–Kier alpha value is -2.63. The zero-order chi connectivity index (χ0) is 14.0. The van der Waals surface area contributed by atoms with E-state index in [0.717, 1.165) is 0 Å². The maximum absolute atomic E-state index is 11.0. The molecule has 1 aromatic heterocycles. The van der Waals surface area contributed by atoms with E-state index in [9.17, 15) is 15.0 Å². The summed E-state index contributed by atoms with van der Waals surface area (Å²) in [6.07, 6.45) is 1.70. The number of nitrogens with zero attached hydrogens (tertiary/aromatic N) is 2. The quantitative estimate of drug-likeness (QED) is 0.727. The molecule has 2 aromatic rings. The van der Waals surface area contributed by atoms with Gasteiger partial charge in [-0.3, -0.25) is 0 Å². The van der Waals surface area contributed by atoms with Gasteiger partial charge < -0.3 is 15.3 Å². The van der Waals surface area contributed by atoms with Crippen molar-refractivity contribution in [3.63, 3.8) is 0 Å². The van der Waals surface area contributed by atoms with Crippen molar-refractivity contribution in [3.05, 3.63) is 35.7 Å². The van der Waals surface area contributed by atoms with Gasteiger partial charge in [-0.2, -0.15) is 0 Å². The van der Waals surface area contributed by atoms with Gasteiger partial charge >= 0.3 is 5.97 Å². The molecule has 0 bridgehead atoms. The normalized spacial score (nSPS) is 10.4. The molecule has 2 rings (SSSR count). The van der Waals surface area contributed by atoms with E-state index in [-0.39, 0.29) is 17.1 Å². The molecule has 6 heteroatoms. The number of hydrogen-bond donors (Lipinski definition) is 3. The lowest BCUT2D eigenvalue weighted by Crippen LogP contribution is -2.06. The van der Waals surface area contributed by atoms with E-state index >= 15 is 0 Å². The summed E-state index contributed by atoms with van der Waals surface area (Å²) < 4.78 is 0. The number of carboxylic acids is 1. The molecule has 0 saturated heterocycles. The van der Waals surface area contributed by atoms with Crippen LogP contribution in [0.2, 0.25) is 0 Å². The summed E-state index contributed by atoms with van der Waals surface area (Å²) in [6.45, 7) is 1.80. The molecule has 0 aliphatic heterocycles. The monoisotopic (exact) mass is 260 g/mol. The summed E-state index contributed by atoms with van der Waals surface area (Å²) in [5.74, 6) is -1.28. The molecular formula is C13H12N2O4. The van der Waals surface area contributed by atoms with Crippen LogP contribution < -0.4 is 0 Å². The van der Waals surface area contributed by atoms with Gasteiger partial charge in [-0.25, -0.2) is 14.8 Å². The molecule has 0 saturated carbocycles. The van der Waals surface area contributed by atoms with Gasteiger partial charge in [-0.05, 0) is 24.6 Å². The Balaban J connectivity index is 2.51. The first-order valence-electron chi connectivity index (χ1n) is 5.64. The largest absolute Gasteiger partial charge is 0.504 e. The SMILES string of the molecule is CCc1nc(-c2ccc(O)c(O)c2)ncc1C(=O)O. The van der Waals surface area contributed by atoms with E-state index in [4.69, 9.17) is 5.11 Å². The van der Waals surface area contributed by atoms with Gasteiger partial charge in [0.1, 0.15) is 0 Å². The number of carbonyl (C=O) groups is 1. The van der Waals surface area contributed by atoms with Crippen LogP contribution in [0.4, 0.5) is 0 Å². The zero-order valence-corrected chi connectivity index (χ0v) is 10.2. The molecule has 0 unspecified atom stereocenters. The minimum absolute atomic E-state index is 0.0641. The fraction of sp³-hybridized carbons (Fsp3) is 0.154. The fourth-order valence-corrected chi connectivity index (χ4v) is 1.67. The van der Waals surface area contributed by atoms with Crippen LogP contribution in [0.25, 0.3) is 11.4 Å². The number of benzene rings is 1. The molecule has 1 heterocycles. The van der Waals surface area contributed by atoms with Crippen LogP contribution in [-0.4, -0.2) is 31.3 Å². The molecule has 19 heavy (non-hydrogen) atoms. The third kappa shape index (κ3) is 2.47. The highest BCUT2D eigenvalue weighted by molar-refractivity contribution is 5.88. The second-order valence-electron chi connectivity index (χ2n) is 3.92. The van der Waals surface area contributed by atoms with Gasteiger partial charge in [0.25, 0.3) is 0 Å². The fourth-order valence-electron chi connectivity index (χ4n) is 1.67. The molecule has 0 atom stereocenters. The molecule has 98 valence electrons. The Morgan fingerprint density at radius 1 is 1.26 bits per heavy atom. The smallest absolute Gasteiger partial charge is 0.339 e. The number of carboxylic acid groups (broad SMARTS) is 1. The molecule has 1 aromatic carbocycles. The highest BCUT2D eigenvalue weighted by atomic mass is 16.4. The van der Waals surface area contributed by atoms with Crippen LogP contribution in [-0.2, 0) is 6.42 Å². The highest BCUT2D eigenvalue weighted by Gasteiger charge is 2.13. The van der Waals surface area contributed by atoms with Crippen LogP contribution in [0.15, 0.2) is 24.4 Å². The van der Waals surface area contributed by atoms with Gasteiger partial charge in [0.2, 0.25) is 0 Å². The first-order valence-corrected chi connectivity index (χ1v) is 5.64. The van der Waals surface area contributed by atoms with Crippen LogP contribution >= 0.6 is 0 Å². The third-order valence-electron chi connectivity index (χ3n) is 2.67. The molecule has 0 radical (unpaired) electrons. The number of rotatable bonds is 3. The van der Waals surface area contributed by atoms with Gasteiger partial charge in [0.05, 0.1) is 11.3 Å². The van der Waals surface area contributed by atoms with Crippen molar-refractivity contribution >= 4 is 5.97 Å². The number of phenols is 2. The van der Waals surface area contributed by atoms with Crippen LogP contribution in [0.5, 0.6) is 11.5 Å². The van der Waals surface area contributed by atoms with E-state index in [1.165, 1.54) is 18.3 Å². The average molecular weight is 260 g/mol. The minimum Gasteiger partial charge on any atom is -0.504 e. The Kier molecular flexibility index (Phi) is 3.33. The predicted octanol–water partition coefficient (Wildman–Crippen LogP) is 1.82.